The summed E-state index contributed by atoms with van der Waals surface area (Å²) in [7, 11) is 3.28. The van der Waals surface area contributed by atoms with Gasteiger partial charge in [-0.1, -0.05) is 6.07 Å². The topological polar surface area (TPSA) is 89.9 Å². The van der Waals surface area contributed by atoms with Crippen molar-refractivity contribution in [1.82, 2.24) is 24.5 Å². The van der Waals surface area contributed by atoms with E-state index in [-0.39, 0.29) is 0 Å². The molecule has 0 fully saturated rings. The molecule has 0 spiro atoms. The van der Waals surface area contributed by atoms with Gasteiger partial charge in [0.15, 0.2) is 0 Å². The molecule has 0 radical (unpaired) electrons. The number of aromatic nitrogens is 5. The van der Waals surface area contributed by atoms with Crippen molar-refractivity contribution in [1.29, 1.82) is 0 Å². The number of H-pyrrole nitrogens is 1. The molecule has 0 bridgehead atoms. The Bertz CT molecular complexity index is 1320. The summed E-state index contributed by atoms with van der Waals surface area (Å²) >= 11 is 0. The van der Waals surface area contributed by atoms with Crippen LogP contribution in [0.4, 0.5) is 5.69 Å². The van der Waals surface area contributed by atoms with Crippen molar-refractivity contribution in [2.45, 2.75) is 6.54 Å². The van der Waals surface area contributed by atoms with Crippen LogP contribution in [0, 0.1) is 0 Å². The second-order valence-electron chi connectivity index (χ2n) is 7.17. The molecule has 5 aromatic rings. The molecule has 2 aromatic carbocycles. The van der Waals surface area contributed by atoms with Gasteiger partial charge in [-0.2, -0.15) is 0 Å². The van der Waals surface area contributed by atoms with Gasteiger partial charge in [-0.05, 0) is 42.0 Å². The van der Waals surface area contributed by atoms with Crippen LogP contribution in [0.5, 0.6) is 11.5 Å². The fourth-order valence-corrected chi connectivity index (χ4v) is 3.76. The maximum Gasteiger partial charge on any atom is 0.145 e. The van der Waals surface area contributed by atoms with Gasteiger partial charge in [0.2, 0.25) is 0 Å². The summed E-state index contributed by atoms with van der Waals surface area (Å²) < 4.78 is 12.9. The van der Waals surface area contributed by atoms with Crippen molar-refractivity contribution in [2.24, 2.45) is 0 Å². The van der Waals surface area contributed by atoms with Crippen LogP contribution in [-0.4, -0.2) is 38.7 Å². The van der Waals surface area contributed by atoms with Crippen molar-refractivity contribution in [3.63, 3.8) is 0 Å². The summed E-state index contributed by atoms with van der Waals surface area (Å²) in [5.41, 5.74) is 5.74. The number of hydrogen-bond donors (Lipinski definition) is 2. The van der Waals surface area contributed by atoms with E-state index < -0.39 is 0 Å². The monoisotopic (exact) mass is 426 g/mol. The third kappa shape index (κ3) is 3.62. The molecule has 32 heavy (non-hydrogen) atoms. The minimum atomic E-state index is 0.483. The van der Waals surface area contributed by atoms with E-state index in [1.807, 2.05) is 41.1 Å². The lowest BCUT2D eigenvalue weighted by Crippen LogP contribution is -2.04. The highest BCUT2D eigenvalue weighted by Crippen LogP contribution is 2.35. The molecule has 3 aromatic heterocycles. The number of hydrogen-bond acceptors (Lipinski definition) is 6. The summed E-state index contributed by atoms with van der Waals surface area (Å²) in [6, 6.07) is 13.8. The quantitative estimate of drug-likeness (QED) is 0.400. The molecule has 0 saturated carbocycles. The highest BCUT2D eigenvalue weighted by Gasteiger charge is 2.14. The van der Waals surface area contributed by atoms with Crippen molar-refractivity contribution < 1.29 is 9.47 Å². The zero-order valence-corrected chi connectivity index (χ0v) is 17.7. The number of nitrogens with zero attached hydrogens (tertiary/aromatic N) is 4. The lowest BCUT2D eigenvalue weighted by Gasteiger charge is -2.13. The lowest BCUT2D eigenvalue weighted by molar-refractivity contribution is 0.397. The molecule has 0 aliphatic rings. The molecule has 3 heterocycles. The number of pyridine rings is 1. The molecule has 8 nitrogen and oxygen atoms in total. The molecule has 160 valence electrons. The predicted molar refractivity (Wildman–Crippen MR) is 123 cm³/mol. The Morgan fingerprint density at radius 1 is 0.969 bits per heavy atom. The van der Waals surface area contributed by atoms with Gasteiger partial charge in [-0.3, -0.25) is 4.98 Å². The Balaban J connectivity index is 1.52. The van der Waals surface area contributed by atoms with E-state index in [1.54, 1.807) is 39.1 Å². The van der Waals surface area contributed by atoms with Crippen LogP contribution >= 0.6 is 0 Å². The van der Waals surface area contributed by atoms with Gasteiger partial charge in [0.25, 0.3) is 0 Å². The van der Waals surface area contributed by atoms with E-state index in [4.69, 9.17) is 14.5 Å². The van der Waals surface area contributed by atoms with Crippen LogP contribution in [0.3, 0.4) is 0 Å². The van der Waals surface area contributed by atoms with Gasteiger partial charge in [0, 0.05) is 30.4 Å². The van der Waals surface area contributed by atoms with Crippen LogP contribution in [0.25, 0.3) is 27.8 Å². The molecular weight excluding hydrogens is 404 g/mol. The van der Waals surface area contributed by atoms with Gasteiger partial charge in [0.05, 0.1) is 43.8 Å². The largest absolute Gasteiger partial charge is 0.494 e. The third-order valence-corrected chi connectivity index (χ3v) is 5.28. The van der Waals surface area contributed by atoms with Gasteiger partial charge in [-0.15, -0.1) is 0 Å². The van der Waals surface area contributed by atoms with Crippen LogP contribution < -0.4 is 14.8 Å². The van der Waals surface area contributed by atoms with E-state index in [2.05, 4.69) is 32.4 Å². The molecule has 0 saturated heterocycles. The zero-order valence-electron chi connectivity index (χ0n) is 17.7. The van der Waals surface area contributed by atoms with E-state index in [1.165, 1.54) is 0 Å². The van der Waals surface area contributed by atoms with Crippen LogP contribution in [0.15, 0.2) is 73.6 Å². The van der Waals surface area contributed by atoms with Gasteiger partial charge in [-0.25, -0.2) is 9.97 Å². The first-order valence-electron chi connectivity index (χ1n) is 10.1. The highest BCUT2D eigenvalue weighted by molar-refractivity contribution is 5.87. The Morgan fingerprint density at radius 3 is 2.44 bits per heavy atom. The second kappa shape index (κ2) is 8.43. The summed E-state index contributed by atoms with van der Waals surface area (Å²) in [5.74, 6) is 2.22. The average molecular weight is 426 g/mol. The Morgan fingerprint density at radius 2 is 1.75 bits per heavy atom. The smallest absolute Gasteiger partial charge is 0.145 e. The minimum absolute atomic E-state index is 0.483. The molecule has 0 atom stereocenters. The van der Waals surface area contributed by atoms with E-state index in [9.17, 15) is 0 Å². The summed E-state index contributed by atoms with van der Waals surface area (Å²) in [4.78, 5) is 16.6. The molecule has 5 rings (SSSR count). The highest BCUT2D eigenvalue weighted by atomic mass is 16.5. The standard InChI is InChI=1S/C24H22N6O2/c1-31-21-4-3-5-22(32-2)24(21)27-14-23-28-18-12-17(16-6-8-25-9-7-16)20(13-19(18)29-23)30-11-10-26-15-30/h3-13,15,27H,14H2,1-2H3,(H,28,29). The van der Waals surface area contributed by atoms with Crippen LogP contribution in [0.2, 0.25) is 0 Å². The number of imidazole rings is 2. The number of aromatic amines is 1. The summed E-state index contributed by atoms with van der Waals surface area (Å²) in [6.45, 7) is 0.483. The molecule has 8 heteroatoms. The summed E-state index contributed by atoms with van der Waals surface area (Å²) in [5, 5.41) is 3.38. The Kier molecular flexibility index (Phi) is 5.17. The maximum atomic E-state index is 5.47. The van der Waals surface area contributed by atoms with Crippen LogP contribution in [0.1, 0.15) is 5.82 Å². The first-order chi connectivity index (χ1) is 15.8. The van der Waals surface area contributed by atoms with Crippen molar-refractivity contribution in [3.8, 4) is 28.3 Å². The first-order valence-corrected chi connectivity index (χ1v) is 10.1. The molecular formula is C24H22N6O2. The molecule has 2 N–H and O–H groups in total. The Hall–Kier alpha value is -4.33. The molecule has 0 aliphatic heterocycles. The van der Waals surface area contributed by atoms with E-state index in [0.717, 1.165) is 39.4 Å². The van der Waals surface area contributed by atoms with Crippen LogP contribution in [-0.2, 0) is 6.54 Å². The predicted octanol–water partition coefficient (Wildman–Crippen LogP) is 4.44. The second-order valence-corrected chi connectivity index (χ2v) is 7.17. The maximum absolute atomic E-state index is 5.47. The third-order valence-electron chi connectivity index (χ3n) is 5.28. The number of nitrogens with one attached hydrogen (secondary N) is 2. The van der Waals surface area contributed by atoms with Gasteiger partial charge >= 0.3 is 0 Å². The van der Waals surface area contributed by atoms with Crippen molar-refractivity contribution in [2.75, 3.05) is 19.5 Å². The van der Waals surface area contributed by atoms with E-state index in [0.29, 0.717) is 18.0 Å². The molecule has 0 amide bonds. The fraction of sp³-hybridized carbons (Fsp3) is 0.125. The number of methoxy groups -OCH3 is 2. The average Bonchev–Trinajstić information content (AvgIpc) is 3.51. The lowest BCUT2D eigenvalue weighted by atomic mass is 10.0. The summed E-state index contributed by atoms with van der Waals surface area (Å²) in [6.07, 6.45) is 9.06. The Labute approximate surface area is 184 Å². The van der Waals surface area contributed by atoms with E-state index >= 15 is 0 Å². The normalized spacial score (nSPS) is 10.9. The number of anilines is 1. The number of rotatable bonds is 7. The van der Waals surface area contributed by atoms with Crippen molar-refractivity contribution in [3.05, 3.63) is 79.4 Å². The van der Waals surface area contributed by atoms with Gasteiger partial charge < -0.3 is 24.3 Å². The number of ether oxygens (including phenoxy) is 2. The number of benzene rings is 2. The van der Waals surface area contributed by atoms with Gasteiger partial charge in [0.1, 0.15) is 23.0 Å². The zero-order chi connectivity index (χ0) is 21.9. The SMILES string of the molecule is COc1cccc(OC)c1NCc1nc2cc(-n3ccnc3)c(-c3ccncc3)cc2[nH]1. The fourth-order valence-electron chi connectivity index (χ4n) is 3.76. The molecule has 0 unspecified atom stereocenters. The van der Waals surface area contributed by atoms with Crippen molar-refractivity contribution >= 4 is 16.7 Å². The molecule has 0 aliphatic carbocycles. The number of fused-ring (bicyclic) bond motifs is 1. The minimum Gasteiger partial charge on any atom is -0.494 e. The first kappa shape index (κ1) is 19.6. The number of para-hydroxylation sites is 1.